The zero-order valence-corrected chi connectivity index (χ0v) is 11.7. The molecule has 0 unspecified atom stereocenters. The summed E-state index contributed by atoms with van der Waals surface area (Å²) < 4.78 is 0. The molecule has 0 aliphatic carbocycles. The van der Waals surface area contributed by atoms with Crippen molar-refractivity contribution in [3.63, 3.8) is 0 Å². The highest BCUT2D eigenvalue weighted by molar-refractivity contribution is 6.02. The largest absolute Gasteiger partial charge is 0.398 e. The molecule has 3 heteroatoms. The van der Waals surface area contributed by atoms with Gasteiger partial charge in [-0.1, -0.05) is 18.2 Å². The Kier molecular flexibility index (Phi) is 3.03. The monoisotopic (exact) mass is 263 g/mol. The van der Waals surface area contributed by atoms with Crippen LogP contribution in [0.2, 0.25) is 0 Å². The minimum absolute atomic E-state index is 0.762. The molecule has 2 N–H and O–H groups in total. The predicted octanol–water partition coefficient (Wildman–Crippen LogP) is 3.89. The number of hydrogen-bond donors (Lipinski definition) is 1. The van der Waals surface area contributed by atoms with Crippen LogP contribution in [0.25, 0.3) is 10.8 Å². The maximum Gasteiger partial charge on any atom is 0.0490 e. The number of fused-ring (bicyclic) bond motifs is 1. The molecule has 20 heavy (non-hydrogen) atoms. The van der Waals surface area contributed by atoms with Gasteiger partial charge in [0.15, 0.2) is 0 Å². The van der Waals surface area contributed by atoms with Crippen molar-refractivity contribution >= 4 is 27.8 Å². The summed E-state index contributed by atoms with van der Waals surface area (Å²) in [6.07, 6.45) is 1.85. The molecule has 0 amide bonds. The van der Waals surface area contributed by atoms with E-state index in [1.54, 1.807) is 0 Å². The number of pyridine rings is 1. The molecule has 3 aromatic rings. The summed E-state index contributed by atoms with van der Waals surface area (Å²) in [4.78, 5) is 6.51. The molecule has 0 aliphatic rings. The lowest BCUT2D eigenvalue weighted by Crippen LogP contribution is -2.10. The van der Waals surface area contributed by atoms with E-state index in [1.807, 2.05) is 37.4 Å². The Morgan fingerprint density at radius 2 is 1.75 bits per heavy atom. The van der Waals surface area contributed by atoms with Crippen LogP contribution >= 0.6 is 0 Å². The molecular formula is C17H17N3. The van der Waals surface area contributed by atoms with Gasteiger partial charge >= 0.3 is 0 Å². The third-order valence-corrected chi connectivity index (χ3v) is 3.55. The molecule has 0 atom stereocenters. The third-order valence-electron chi connectivity index (χ3n) is 3.55. The van der Waals surface area contributed by atoms with E-state index in [4.69, 9.17) is 5.73 Å². The highest BCUT2D eigenvalue weighted by Crippen LogP contribution is 2.33. The van der Waals surface area contributed by atoms with E-state index in [2.05, 4.69) is 41.2 Å². The number of nitrogen functional groups attached to an aromatic ring is 1. The fourth-order valence-electron chi connectivity index (χ4n) is 2.43. The van der Waals surface area contributed by atoms with E-state index in [-0.39, 0.29) is 0 Å². The van der Waals surface area contributed by atoms with Gasteiger partial charge in [-0.15, -0.1) is 0 Å². The van der Waals surface area contributed by atoms with E-state index < -0.39 is 0 Å². The normalized spacial score (nSPS) is 10.7. The Morgan fingerprint density at radius 3 is 2.50 bits per heavy atom. The number of anilines is 3. The maximum atomic E-state index is 6.06. The minimum Gasteiger partial charge on any atom is -0.398 e. The lowest BCUT2D eigenvalue weighted by Gasteiger charge is -2.22. The molecule has 0 bridgehead atoms. The molecule has 0 spiro atoms. The number of aromatic nitrogens is 1. The van der Waals surface area contributed by atoms with Crippen molar-refractivity contribution in [3.8, 4) is 0 Å². The summed E-state index contributed by atoms with van der Waals surface area (Å²) in [6, 6.07) is 16.4. The van der Waals surface area contributed by atoms with E-state index in [9.17, 15) is 0 Å². The van der Waals surface area contributed by atoms with Crippen LogP contribution in [0.3, 0.4) is 0 Å². The van der Waals surface area contributed by atoms with Gasteiger partial charge in [0.2, 0.25) is 0 Å². The smallest absolute Gasteiger partial charge is 0.0490 e. The van der Waals surface area contributed by atoms with Crippen LogP contribution in [-0.4, -0.2) is 12.0 Å². The van der Waals surface area contributed by atoms with Crippen LogP contribution in [0.4, 0.5) is 17.1 Å². The average molecular weight is 263 g/mol. The van der Waals surface area contributed by atoms with Gasteiger partial charge in [-0.3, -0.25) is 4.98 Å². The minimum atomic E-state index is 0.762. The summed E-state index contributed by atoms with van der Waals surface area (Å²) >= 11 is 0. The Bertz CT molecular complexity index is 751. The number of nitrogens with two attached hydrogens (primary N) is 1. The Hall–Kier alpha value is -2.55. The second kappa shape index (κ2) is 4.85. The van der Waals surface area contributed by atoms with Crippen molar-refractivity contribution < 1.29 is 0 Å². The molecule has 0 fully saturated rings. The van der Waals surface area contributed by atoms with Gasteiger partial charge < -0.3 is 10.6 Å². The number of benzene rings is 2. The van der Waals surface area contributed by atoms with E-state index >= 15 is 0 Å². The first kappa shape index (κ1) is 12.5. The van der Waals surface area contributed by atoms with Crippen LogP contribution in [0.5, 0.6) is 0 Å². The Labute approximate surface area is 118 Å². The van der Waals surface area contributed by atoms with Gasteiger partial charge in [0.25, 0.3) is 0 Å². The van der Waals surface area contributed by atoms with Crippen LogP contribution in [0, 0.1) is 6.92 Å². The van der Waals surface area contributed by atoms with Crippen molar-refractivity contribution in [2.45, 2.75) is 6.92 Å². The van der Waals surface area contributed by atoms with E-state index in [0.717, 1.165) is 33.5 Å². The zero-order chi connectivity index (χ0) is 14.1. The first-order valence-electron chi connectivity index (χ1n) is 6.60. The molecule has 3 rings (SSSR count). The zero-order valence-electron chi connectivity index (χ0n) is 11.7. The lowest BCUT2D eigenvalue weighted by atomic mass is 10.1. The number of para-hydroxylation sites is 1. The molecule has 1 aromatic heterocycles. The maximum absolute atomic E-state index is 6.06. The average Bonchev–Trinajstić information content (AvgIpc) is 2.48. The van der Waals surface area contributed by atoms with Gasteiger partial charge in [0, 0.05) is 46.8 Å². The van der Waals surface area contributed by atoms with Crippen molar-refractivity contribution in [1.29, 1.82) is 0 Å². The molecule has 0 saturated carbocycles. The van der Waals surface area contributed by atoms with E-state index in [0.29, 0.717) is 0 Å². The first-order valence-corrected chi connectivity index (χ1v) is 6.60. The van der Waals surface area contributed by atoms with Crippen LogP contribution in [0.1, 0.15) is 5.69 Å². The standard InChI is InChI=1S/C17H17N3/c1-12-10-14-15(11-19-12)16(18)8-9-17(14)20(2)13-6-4-3-5-7-13/h3-11H,18H2,1-2H3. The molecule has 1 heterocycles. The SMILES string of the molecule is Cc1cc2c(N(C)c3ccccc3)ccc(N)c2cn1. The second-order valence-electron chi connectivity index (χ2n) is 4.94. The predicted molar refractivity (Wildman–Crippen MR) is 85.4 cm³/mol. The Balaban J connectivity index is 2.21. The van der Waals surface area contributed by atoms with Gasteiger partial charge in [0.1, 0.15) is 0 Å². The lowest BCUT2D eigenvalue weighted by molar-refractivity contribution is 1.20. The highest BCUT2D eigenvalue weighted by Gasteiger charge is 2.10. The number of nitrogens with zero attached hydrogens (tertiary/aromatic N) is 2. The summed E-state index contributed by atoms with van der Waals surface area (Å²) in [5, 5.41) is 2.12. The third kappa shape index (κ3) is 2.07. The van der Waals surface area contributed by atoms with Crippen LogP contribution in [0.15, 0.2) is 54.7 Å². The van der Waals surface area contributed by atoms with Crippen molar-refractivity contribution in [2.75, 3.05) is 17.7 Å². The van der Waals surface area contributed by atoms with Crippen molar-refractivity contribution in [3.05, 3.63) is 60.4 Å². The second-order valence-corrected chi connectivity index (χ2v) is 4.94. The summed E-state index contributed by atoms with van der Waals surface area (Å²) in [5.74, 6) is 0. The molecule has 0 saturated heterocycles. The first-order chi connectivity index (χ1) is 9.66. The molecule has 100 valence electrons. The van der Waals surface area contributed by atoms with Gasteiger partial charge in [-0.2, -0.15) is 0 Å². The number of aryl methyl sites for hydroxylation is 1. The topological polar surface area (TPSA) is 42.1 Å². The van der Waals surface area contributed by atoms with Crippen molar-refractivity contribution in [2.24, 2.45) is 0 Å². The summed E-state index contributed by atoms with van der Waals surface area (Å²) in [6.45, 7) is 1.99. The quantitative estimate of drug-likeness (QED) is 0.713. The number of hydrogen-bond acceptors (Lipinski definition) is 3. The molecular weight excluding hydrogens is 246 g/mol. The van der Waals surface area contributed by atoms with Gasteiger partial charge in [-0.05, 0) is 37.3 Å². The number of rotatable bonds is 2. The highest BCUT2D eigenvalue weighted by atomic mass is 15.1. The molecule has 3 nitrogen and oxygen atoms in total. The molecule has 0 aliphatic heterocycles. The fraction of sp³-hybridized carbons (Fsp3) is 0.118. The van der Waals surface area contributed by atoms with Crippen LogP contribution in [-0.2, 0) is 0 Å². The van der Waals surface area contributed by atoms with Gasteiger partial charge in [-0.25, -0.2) is 0 Å². The van der Waals surface area contributed by atoms with Crippen molar-refractivity contribution in [1.82, 2.24) is 4.98 Å². The van der Waals surface area contributed by atoms with Crippen LogP contribution < -0.4 is 10.6 Å². The summed E-state index contributed by atoms with van der Waals surface area (Å²) in [5.41, 5.74) is 10.1. The Morgan fingerprint density at radius 1 is 1.00 bits per heavy atom. The molecule has 2 aromatic carbocycles. The summed E-state index contributed by atoms with van der Waals surface area (Å²) in [7, 11) is 2.07. The van der Waals surface area contributed by atoms with E-state index in [1.165, 1.54) is 0 Å². The fourth-order valence-corrected chi connectivity index (χ4v) is 2.43. The van der Waals surface area contributed by atoms with Gasteiger partial charge in [0.05, 0.1) is 0 Å². The molecule has 0 radical (unpaired) electrons.